The van der Waals surface area contributed by atoms with Gasteiger partial charge in [-0.15, -0.1) is 0 Å². The number of fused-ring (bicyclic) bond motifs is 2. The van der Waals surface area contributed by atoms with E-state index in [1.807, 2.05) is 18.2 Å². The number of benzene rings is 3. The Labute approximate surface area is 174 Å². The fraction of sp³-hybridized carbons (Fsp3) is 0.240. The second-order valence-electron chi connectivity index (χ2n) is 7.34. The van der Waals surface area contributed by atoms with Gasteiger partial charge in [-0.3, -0.25) is 0 Å². The first-order valence-electron chi connectivity index (χ1n) is 9.93. The molecule has 0 bridgehead atoms. The summed E-state index contributed by atoms with van der Waals surface area (Å²) >= 11 is 6.53. The first-order chi connectivity index (χ1) is 14.1. The SMILES string of the molecule is CCCCc1cc(=O)oc2cc(OCc3c(C)ccc4ccccc34)c(Cl)cc12. The van der Waals surface area contributed by atoms with Gasteiger partial charge in [0.1, 0.15) is 17.9 Å². The largest absolute Gasteiger partial charge is 0.487 e. The van der Waals surface area contributed by atoms with Crippen molar-refractivity contribution < 1.29 is 9.15 Å². The lowest BCUT2D eigenvalue weighted by molar-refractivity contribution is 0.307. The normalized spacial score (nSPS) is 11.3. The number of aryl methyl sites for hydroxylation is 2. The summed E-state index contributed by atoms with van der Waals surface area (Å²) in [7, 11) is 0. The Morgan fingerprint density at radius 1 is 1.03 bits per heavy atom. The van der Waals surface area contributed by atoms with Crippen LogP contribution in [-0.4, -0.2) is 0 Å². The Balaban J connectivity index is 1.70. The number of rotatable bonds is 6. The maximum Gasteiger partial charge on any atom is 0.336 e. The molecule has 29 heavy (non-hydrogen) atoms. The molecule has 4 heteroatoms. The average Bonchev–Trinajstić information content (AvgIpc) is 2.72. The molecular weight excluding hydrogens is 384 g/mol. The van der Waals surface area contributed by atoms with Gasteiger partial charge in [-0.2, -0.15) is 0 Å². The number of hydrogen-bond acceptors (Lipinski definition) is 3. The minimum absolute atomic E-state index is 0.346. The summed E-state index contributed by atoms with van der Waals surface area (Å²) in [6, 6.07) is 17.6. The van der Waals surface area contributed by atoms with Crippen LogP contribution in [0.4, 0.5) is 0 Å². The van der Waals surface area contributed by atoms with Crippen molar-refractivity contribution in [2.24, 2.45) is 0 Å². The quantitative estimate of drug-likeness (QED) is 0.329. The highest BCUT2D eigenvalue weighted by Crippen LogP contribution is 2.33. The maximum atomic E-state index is 12.0. The molecule has 3 nitrogen and oxygen atoms in total. The van der Waals surface area contributed by atoms with Crippen molar-refractivity contribution in [2.45, 2.75) is 39.7 Å². The van der Waals surface area contributed by atoms with Crippen molar-refractivity contribution in [2.75, 3.05) is 0 Å². The summed E-state index contributed by atoms with van der Waals surface area (Å²) in [6.45, 7) is 4.59. The Morgan fingerprint density at radius 2 is 1.86 bits per heavy atom. The van der Waals surface area contributed by atoms with E-state index >= 15 is 0 Å². The molecule has 1 aromatic heterocycles. The smallest absolute Gasteiger partial charge is 0.336 e. The van der Waals surface area contributed by atoms with E-state index in [4.69, 9.17) is 20.8 Å². The average molecular weight is 407 g/mol. The summed E-state index contributed by atoms with van der Waals surface area (Å²) in [5.41, 5.74) is 3.42. The van der Waals surface area contributed by atoms with E-state index in [0.29, 0.717) is 23.0 Å². The van der Waals surface area contributed by atoms with E-state index in [0.717, 1.165) is 46.7 Å². The van der Waals surface area contributed by atoms with Crippen molar-refractivity contribution in [3.63, 3.8) is 0 Å². The highest BCUT2D eigenvalue weighted by molar-refractivity contribution is 6.32. The minimum Gasteiger partial charge on any atom is -0.487 e. The van der Waals surface area contributed by atoms with Crippen LogP contribution in [-0.2, 0) is 13.0 Å². The number of hydrogen-bond donors (Lipinski definition) is 0. The van der Waals surface area contributed by atoms with Gasteiger partial charge in [0.25, 0.3) is 0 Å². The van der Waals surface area contributed by atoms with E-state index in [1.54, 1.807) is 12.1 Å². The molecule has 0 spiro atoms. The zero-order valence-corrected chi connectivity index (χ0v) is 17.4. The van der Waals surface area contributed by atoms with Crippen molar-refractivity contribution in [3.8, 4) is 5.75 Å². The van der Waals surface area contributed by atoms with Gasteiger partial charge in [0, 0.05) is 23.1 Å². The number of unbranched alkanes of at least 4 members (excludes halogenated alkanes) is 1. The fourth-order valence-electron chi connectivity index (χ4n) is 3.70. The van der Waals surface area contributed by atoms with E-state index < -0.39 is 0 Å². The fourth-order valence-corrected chi connectivity index (χ4v) is 3.92. The Morgan fingerprint density at radius 3 is 2.69 bits per heavy atom. The van der Waals surface area contributed by atoms with Crippen LogP contribution in [0.5, 0.6) is 5.75 Å². The summed E-state index contributed by atoms with van der Waals surface area (Å²) < 4.78 is 11.5. The van der Waals surface area contributed by atoms with Gasteiger partial charge in [0.15, 0.2) is 0 Å². The van der Waals surface area contributed by atoms with E-state index in [-0.39, 0.29) is 5.63 Å². The monoisotopic (exact) mass is 406 g/mol. The number of halogens is 1. The molecule has 0 fully saturated rings. The van der Waals surface area contributed by atoms with Crippen LogP contribution in [0.25, 0.3) is 21.7 Å². The summed E-state index contributed by atoms with van der Waals surface area (Å²) in [4.78, 5) is 12.0. The van der Waals surface area contributed by atoms with Crippen molar-refractivity contribution in [1.29, 1.82) is 0 Å². The lowest BCUT2D eigenvalue weighted by Crippen LogP contribution is -2.03. The van der Waals surface area contributed by atoms with Crippen LogP contribution in [0.3, 0.4) is 0 Å². The molecule has 148 valence electrons. The van der Waals surface area contributed by atoms with Crippen LogP contribution in [0.2, 0.25) is 5.02 Å². The topological polar surface area (TPSA) is 39.4 Å². The number of ether oxygens (including phenoxy) is 1. The summed E-state index contributed by atoms with van der Waals surface area (Å²) in [5, 5.41) is 3.73. The molecule has 0 amide bonds. The van der Waals surface area contributed by atoms with Gasteiger partial charge in [-0.1, -0.05) is 61.3 Å². The van der Waals surface area contributed by atoms with Crippen molar-refractivity contribution in [1.82, 2.24) is 0 Å². The lowest BCUT2D eigenvalue weighted by atomic mass is 10.0. The van der Waals surface area contributed by atoms with Crippen LogP contribution in [0, 0.1) is 6.92 Å². The van der Waals surface area contributed by atoms with E-state index in [2.05, 4.69) is 38.1 Å². The summed E-state index contributed by atoms with van der Waals surface area (Å²) in [5.74, 6) is 0.516. The van der Waals surface area contributed by atoms with Gasteiger partial charge in [0.05, 0.1) is 5.02 Å². The van der Waals surface area contributed by atoms with Gasteiger partial charge in [0.2, 0.25) is 0 Å². The van der Waals surface area contributed by atoms with Gasteiger partial charge in [-0.25, -0.2) is 4.79 Å². The summed E-state index contributed by atoms with van der Waals surface area (Å²) in [6.07, 6.45) is 2.89. The minimum atomic E-state index is -0.346. The zero-order valence-electron chi connectivity index (χ0n) is 16.6. The molecule has 0 saturated carbocycles. The van der Waals surface area contributed by atoms with E-state index in [1.165, 1.54) is 5.39 Å². The third kappa shape index (κ3) is 4.01. The molecule has 0 radical (unpaired) electrons. The van der Waals surface area contributed by atoms with Crippen LogP contribution in [0.1, 0.15) is 36.5 Å². The highest BCUT2D eigenvalue weighted by atomic mass is 35.5. The maximum absolute atomic E-state index is 12.0. The predicted molar refractivity (Wildman–Crippen MR) is 119 cm³/mol. The molecule has 4 rings (SSSR count). The van der Waals surface area contributed by atoms with Gasteiger partial charge < -0.3 is 9.15 Å². The molecule has 0 saturated heterocycles. The Kier molecular flexibility index (Phi) is 5.59. The molecule has 0 aliphatic rings. The molecular formula is C25H23ClO3. The van der Waals surface area contributed by atoms with E-state index in [9.17, 15) is 4.79 Å². The molecule has 0 aliphatic carbocycles. The third-order valence-electron chi connectivity index (χ3n) is 5.33. The Hall–Kier alpha value is -2.78. The lowest BCUT2D eigenvalue weighted by Gasteiger charge is -2.14. The molecule has 0 atom stereocenters. The van der Waals surface area contributed by atoms with Crippen LogP contribution >= 0.6 is 11.6 Å². The molecule has 3 aromatic carbocycles. The standard InChI is InChI=1S/C25H23ClO3/c1-3-4-7-18-12-25(27)29-23-14-24(22(26)13-20(18)23)28-15-21-16(2)10-11-17-8-5-6-9-19(17)21/h5-6,8-14H,3-4,7,15H2,1-2H3. The first kappa shape index (κ1) is 19.5. The second-order valence-corrected chi connectivity index (χ2v) is 7.75. The van der Waals surface area contributed by atoms with Gasteiger partial charge >= 0.3 is 5.63 Å². The van der Waals surface area contributed by atoms with Gasteiger partial charge in [-0.05, 0) is 47.7 Å². The second kappa shape index (κ2) is 8.30. The molecule has 0 N–H and O–H groups in total. The van der Waals surface area contributed by atoms with Crippen molar-refractivity contribution in [3.05, 3.63) is 86.7 Å². The third-order valence-corrected chi connectivity index (χ3v) is 5.62. The molecule has 4 aromatic rings. The Bertz CT molecular complexity index is 1240. The van der Waals surface area contributed by atoms with Crippen LogP contribution in [0.15, 0.2) is 63.8 Å². The molecule has 0 unspecified atom stereocenters. The first-order valence-corrected chi connectivity index (χ1v) is 10.3. The highest BCUT2D eigenvalue weighted by Gasteiger charge is 2.12. The zero-order chi connectivity index (χ0) is 20.4. The van der Waals surface area contributed by atoms with Crippen LogP contribution < -0.4 is 10.4 Å². The molecule has 1 heterocycles. The predicted octanol–water partition coefficient (Wildman–Crippen LogP) is 6.83. The molecule has 0 aliphatic heterocycles. The van der Waals surface area contributed by atoms with Crippen molar-refractivity contribution >= 4 is 33.3 Å².